The van der Waals surface area contributed by atoms with Crippen LogP contribution in [0.4, 0.5) is 4.39 Å². The van der Waals surface area contributed by atoms with Crippen LogP contribution in [0.2, 0.25) is 0 Å². The Kier molecular flexibility index (Phi) is 4.43. The number of ether oxygens (including phenoxy) is 1. The first-order valence-electron chi connectivity index (χ1n) is 6.07. The van der Waals surface area contributed by atoms with Crippen LogP contribution in [0.15, 0.2) is 17.5 Å². The third kappa shape index (κ3) is 3.74. The smallest absolute Gasteiger partial charge is 0.341 e. The van der Waals surface area contributed by atoms with E-state index in [4.69, 9.17) is 4.84 Å². The standard InChI is InChI=1S/C13H15FN2O3/c1-18-13(17)12-10(6-15-7-11(12)14)4-5-16-19-8-9-2-3-9/h5-7,9H,2-4,8H2,1H3/b16-5+. The van der Waals surface area contributed by atoms with E-state index in [0.717, 1.165) is 6.20 Å². The molecule has 0 bridgehead atoms. The highest BCUT2D eigenvalue weighted by molar-refractivity contribution is 5.92. The second kappa shape index (κ2) is 6.26. The fraction of sp³-hybridized carbons (Fsp3) is 0.462. The maximum atomic E-state index is 13.5. The van der Waals surface area contributed by atoms with Gasteiger partial charge in [-0.1, -0.05) is 5.16 Å². The van der Waals surface area contributed by atoms with E-state index in [-0.39, 0.29) is 12.0 Å². The fourth-order valence-electron chi connectivity index (χ4n) is 1.58. The molecule has 0 atom stereocenters. The first kappa shape index (κ1) is 13.5. The molecule has 0 saturated heterocycles. The first-order valence-corrected chi connectivity index (χ1v) is 6.07. The highest BCUT2D eigenvalue weighted by atomic mass is 19.1. The van der Waals surface area contributed by atoms with Crippen molar-refractivity contribution >= 4 is 12.2 Å². The predicted molar refractivity (Wildman–Crippen MR) is 66.4 cm³/mol. The number of pyridine rings is 1. The molecular weight excluding hydrogens is 251 g/mol. The Morgan fingerprint density at radius 2 is 2.37 bits per heavy atom. The Hall–Kier alpha value is -1.98. The van der Waals surface area contributed by atoms with Crippen LogP contribution in [0.5, 0.6) is 0 Å². The van der Waals surface area contributed by atoms with E-state index < -0.39 is 11.8 Å². The van der Waals surface area contributed by atoms with E-state index >= 15 is 0 Å². The van der Waals surface area contributed by atoms with Crippen molar-refractivity contribution in [1.82, 2.24) is 4.98 Å². The molecular formula is C13H15FN2O3. The molecule has 1 aliphatic rings. The van der Waals surface area contributed by atoms with Gasteiger partial charge in [0.15, 0.2) is 5.82 Å². The van der Waals surface area contributed by atoms with Crippen molar-refractivity contribution in [2.75, 3.05) is 13.7 Å². The van der Waals surface area contributed by atoms with Gasteiger partial charge in [0.05, 0.1) is 13.3 Å². The van der Waals surface area contributed by atoms with Gasteiger partial charge in [0.25, 0.3) is 0 Å². The number of oxime groups is 1. The van der Waals surface area contributed by atoms with Crippen LogP contribution in [0.1, 0.15) is 28.8 Å². The van der Waals surface area contributed by atoms with Gasteiger partial charge in [0.2, 0.25) is 0 Å². The van der Waals surface area contributed by atoms with Gasteiger partial charge in [-0.25, -0.2) is 9.18 Å². The third-order valence-corrected chi connectivity index (χ3v) is 2.84. The van der Waals surface area contributed by atoms with Gasteiger partial charge in [-0.15, -0.1) is 0 Å². The monoisotopic (exact) mass is 266 g/mol. The van der Waals surface area contributed by atoms with Crippen LogP contribution in [0.25, 0.3) is 0 Å². The topological polar surface area (TPSA) is 60.8 Å². The summed E-state index contributed by atoms with van der Waals surface area (Å²) in [6.07, 6.45) is 6.54. The number of carbonyl (C=O) groups is 1. The minimum Gasteiger partial charge on any atom is -0.465 e. The molecule has 1 saturated carbocycles. The summed E-state index contributed by atoms with van der Waals surface area (Å²) in [7, 11) is 1.21. The Bertz CT molecular complexity index is 487. The van der Waals surface area contributed by atoms with Crippen LogP contribution in [-0.4, -0.2) is 30.9 Å². The molecule has 5 nitrogen and oxygen atoms in total. The molecule has 0 N–H and O–H groups in total. The van der Waals surface area contributed by atoms with Gasteiger partial charge in [0.1, 0.15) is 12.2 Å². The van der Waals surface area contributed by atoms with Crippen LogP contribution >= 0.6 is 0 Å². The summed E-state index contributed by atoms with van der Waals surface area (Å²) in [4.78, 5) is 20.3. The van der Waals surface area contributed by atoms with Crippen molar-refractivity contribution < 1.29 is 18.8 Å². The number of halogens is 1. The Morgan fingerprint density at radius 3 is 3.05 bits per heavy atom. The van der Waals surface area contributed by atoms with Crippen molar-refractivity contribution in [2.24, 2.45) is 11.1 Å². The zero-order chi connectivity index (χ0) is 13.7. The lowest BCUT2D eigenvalue weighted by atomic mass is 10.1. The Balaban J connectivity index is 1.97. The van der Waals surface area contributed by atoms with E-state index in [0.29, 0.717) is 18.1 Å². The average Bonchev–Trinajstić information content (AvgIpc) is 3.22. The van der Waals surface area contributed by atoms with Crippen LogP contribution in [0, 0.1) is 11.7 Å². The molecule has 102 valence electrons. The van der Waals surface area contributed by atoms with Crippen LogP contribution < -0.4 is 0 Å². The van der Waals surface area contributed by atoms with Gasteiger partial charge in [-0.3, -0.25) is 4.98 Å². The minimum absolute atomic E-state index is 0.105. The van der Waals surface area contributed by atoms with Crippen molar-refractivity contribution in [3.63, 3.8) is 0 Å². The van der Waals surface area contributed by atoms with E-state index in [1.54, 1.807) is 0 Å². The molecule has 2 rings (SSSR count). The SMILES string of the molecule is COC(=O)c1c(F)cncc1C/C=N/OCC1CC1. The molecule has 1 aliphatic carbocycles. The summed E-state index contributed by atoms with van der Waals surface area (Å²) < 4.78 is 18.1. The number of nitrogens with zero attached hydrogens (tertiary/aromatic N) is 2. The van der Waals surface area contributed by atoms with Crippen molar-refractivity contribution in [2.45, 2.75) is 19.3 Å². The van der Waals surface area contributed by atoms with E-state index in [1.807, 2.05) is 0 Å². The Morgan fingerprint density at radius 1 is 1.58 bits per heavy atom. The molecule has 6 heteroatoms. The summed E-state index contributed by atoms with van der Waals surface area (Å²) >= 11 is 0. The summed E-state index contributed by atoms with van der Waals surface area (Å²) in [5.41, 5.74) is 0.316. The Labute approximate surface area is 110 Å². The lowest BCUT2D eigenvalue weighted by Crippen LogP contribution is -2.10. The molecule has 1 fully saturated rings. The number of carbonyl (C=O) groups excluding carboxylic acids is 1. The fourth-order valence-corrected chi connectivity index (χ4v) is 1.58. The van der Waals surface area contributed by atoms with Gasteiger partial charge in [-0.2, -0.15) is 0 Å². The second-order valence-electron chi connectivity index (χ2n) is 4.38. The van der Waals surface area contributed by atoms with Gasteiger partial charge >= 0.3 is 5.97 Å². The largest absolute Gasteiger partial charge is 0.465 e. The first-order chi connectivity index (χ1) is 9.22. The van der Waals surface area contributed by atoms with E-state index in [1.165, 1.54) is 32.4 Å². The molecule has 0 aromatic carbocycles. The maximum absolute atomic E-state index is 13.5. The normalized spacial score (nSPS) is 14.6. The molecule has 19 heavy (non-hydrogen) atoms. The minimum atomic E-state index is -0.720. The summed E-state index contributed by atoms with van der Waals surface area (Å²) in [6, 6.07) is 0. The summed E-state index contributed by atoms with van der Waals surface area (Å²) in [5, 5.41) is 3.78. The molecule has 1 aromatic rings. The summed E-state index contributed by atoms with van der Waals surface area (Å²) in [6.45, 7) is 0.613. The maximum Gasteiger partial charge on any atom is 0.341 e. The molecule has 0 radical (unpaired) electrons. The zero-order valence-electron chi connectivity index (χ0n) is 10.6. The predicted octanol–water partition coefficient (Wildman–Crippen LogP) is 1.96. The number of aromatic nitrogens is 1. The van der Waals surface area contributed by atoms with Gasteiger partial charge in [-0.05, 0) is 24.3 Å². The third-order valence-electron chi connectivity index (χ3n) is 2.84. The van der Waals surface area contributed by atoms with Gasteiger partial charge < -0.3 is 9.57 Å². The molecule has 1 aromatic heterocycles. The highest BCUT2D eigenvalue weighted by Gasteiger charge is 2.21. The number of esters is 1. The number of rotatable bonds is 6. The molecule has 0 amide bonds. The molecule has 0 spiro atoms. The number of methoxy groups -OCH3 is 1. The number of hydrogen-bond acceptors (Lipinski definition) is 5. The molecule has 1 heterocycles. The van der Waals surface area contributed by atoms with Crippen molar-refractivity contribution in [1.29, 1.82) is 0 Å². The number of hydrogen-bond donors (Lipinski definition) is 0. The zero-order valence-corrected chi connectivity index (χ0v) is 10.6. The highest BCUT2D eigenvalue weighted by Crippen LogP contribution is 2.28. The van der Waals surface area contributed by atoms with E-state index in [2.05, 4.69) is 14.9 Å². The second-order valence-corrected chi connectivity index (χ2v) is 4.38. The lowest BCUT2D eigenvalue weighted by Gasteiger charge is -2.05. The molecule has 0 aliphatic heterocycles. The lowest BCUT2D eigenvalue weighted by molar-refractivity contribution is 0.0594. The van der Waals surface area contributed by atoms with E-state index in [9.17, 15) is 9.18 Å². The van der Waals surface area contributed by atoms with Crippen LogP contribution in [0.3, 0.4) is 0 Å². The van der Waals surface area contributed by atoms with Crippen LogP contribution in [-0.2, 0) is 16.0 Å². The van der Waals surface area contributed by atoms with Crippen molar-refractivity contribution in [3.05, 3.63) is 29.3 Å². The average molecular weight is 266 g/mol. The van der Waals surface area contributed by atoms with Crippen molar-refractivity contribution in [3.8, 4) is 0 Å². The van der Waals surface area contributed by atoms with Gasteiger partial charge in [0, 0.05) is 18.8 Å². The quantitative estimate of drug-likeness (QED) is 0.448. The molecule has 0 unspecified atom stereocenters. The summed E-state index contributed by atoms with van der Waals surface area (Å²) in [5.74, 6) is -0.794.